The van der Waals surface area contributed by atoms with Crippen molar-refractivity contribution in [2.45, 2.75) is 413 Å². The Labute approximate surface area is 581 Å². The lowest BCUT2D eigenvalue weighted by Crippen LogP contribution is -2.30. The van der Waals surface area contributed by atoms with Crippen LogP contribution in [0.15, 0.2) is 0 Å². The van der Waals surface area contributed by atoms with E-state index in [1.807, 2.05) is 0 Å². The minimum absolute atomic E-state index is 0.108. The number of phosphoric ester groups is 2. The minimum Gasteiger partial charge on any atom is -0.462 e. The normalized spacial score (nSPS) is 14.3. The van der Waals surface area contributed by atoms with Crippen LogP contribution in [0.4, 0.5) is 0 Å². The predicted octanol–water partition coefficient (Wildman–Crippen LogP) is 22.3. The summed E-state index contributed by atoms with van der Waals surface area (Å²) in [5.74, 6) is -0.481. The molecule has 95 heavy (non-hydrogen) atoms. The van der Waals surface area contributed by atoms with Gasteiger partial charge in [-0.25, -0.2) is 9.13 Å². The molecule has 0 saturated heterocycles. The summed E-state index contributed by atoms with van der Waals surface area (Å²) in [4.78, 5) is 72.7. The molecule has 564 valence electrons. The molecule has 3 N–H and O–H groups in total. The molecule has 0 aromatic heterocycles. The van der Waals surface area contributed by atoms with E-state index in [-0.39, 0.29) is 25.7 Å². The quantitative estimate of drug-likeness (QED) is 0.0222. The van der Waals surface area contributed by atoms with Gasteiger partial charge in [0, 0.05) is 25.7 Å². The van der Waals surface area contributed by atoms with Crippen LogP contribution in [-0.2, 0) is 65.4 Å². The van der Waals surface area contributed by atoms with Gasteiger partial charge in [0.1, 0.15) is 19.3 Å². The summed E-state index contributed by atoms with van der Waals surface area (Å²) in [6.45, 7) is 9.64. The number of phosphoric acid groups is 2. The van der Waals surface area contributed by atoms with Crippen molar-refractivity contribution in [2.75, 3.05) is 39.6 Å². The molecule has 6 atom stereocenters. The summed E-state index contributed by atoms with van der Waals surface area (Å²) in [6.07, 6.45) is 55.5. The summed E-state index contributed by atoms with van der Waals surface area (Å²) in [7, 11) is -9.91. The molecule has 0 heterocycles. The monoisotopic (exact) mass is 1400 g/mol. The lowest BCUT2D eigenvalue weighted by atomic mass is 9.99. The lowest BCUT2D eigenvalue weighted by molar-refractivity contribution is -0.161. The van der Waals surface area contributed by atoms with Crippen molar-refractivity contribution in [1.82, 2.24) is 0 Å². The maximum atomic E-state index is 13.1. The molecule has 0 radical (unpaired) electrons. The molecule has 3 unspecified atom stereocenters. The highest BCUT2D eigenvalue weighted by Crippen LogP contribution is 2.45. The molecule has 0 aliphatic heterocycles. The standard InChI is InChI=1S/C76H148O17P2/c1-7-10-12-14-16-17-18-19-25-31-36-42-48-54-60-75(80)92-71(64-86-73(78)58-52-46-38-15-13-11-8-2)66-90-94(82,83)88-62-70(77)63-89-95(84,85)91-67-72(65-87-74(79)59-53-47-41-35-30-27-22-23-28-33-39-44-50-56-68(4)5)93-76(81)61-55-49-43-37-32-26-21-20-24-29-34-40-45-51-57-69(6)9-3/h68-72,77H,7-67H2,1-6H3,(H,82,83)(H,84,85)/t69?,70-,71+,72+/m0/s1. The SMILES string of the molecule is CCCCCCCCCCCCCCCCC(=O)O[C@H](COC(=O)CCCCCCCCC)COP(=O)(O)OC[C@H](O)COP(=O)(O)OC[C@@H](COC(=O)CCCCCCCCCCCCCCCC(C)C)OC(=O)CCCCCCCCCCCCCCCCC(C)CC. The highest BCUT2D eigenvalue weighted by molar-refractivity contribution is 7.47. The van der Waals surface area contributed by atoms with E-state index in [2.05, 4.69) is 41.5 Å². The predicted molar refractivity (Wildman–Crippen MR) is 386 cm³/mol. The van der Waals surface area contributed by atoms with Crippen LogP contribution in [0, 0.1) is 11.8 Å². The number of hydrogen-bond donors (Lipinski definition) is 3. The third-order valence-corrected chi connectivity index (χ3v) is 20.0. The molecule has 0 fully saturated rings. The summed E-state index contributed by atoms with van der Waals surface area (Å²) in [6, 6.07) is 0. The number of hydrogen-bond acceptors (Lipinski definition) is 15. The molecule has 0 amide bonds. The van der Waals surface area contributed by atoms with Gasteiger partial charge in [-0.3, -0.25) is 37.3 Å². The highest BCUT2D eigenvalue weighted by atomic mass is 31.2. The largest absolute Gasteiger partial charge is 0.472 e. The average Bonchev–Trinajstić information content (AvgIpc) is 3.46. The fourth-order valence-corrected chi connectivity index (χ4v) is 13.2. The highest BCUT2D eigenvalue weighted by Gasteiger charge is 2.30. The number of esters is 4. The van der Waals surface area contributed by atoms with Gasteiger partial charge in [-0.1, -0.05) is 343 Å². The fraction of sp³-hybridized carbons (Fsp3) is 0.947. The van der Waals surface area contributed by atoms with Crippen molar-refractivity contribution in [3.63, 3.8) is 0 Å². The number of carbonyl (C=O) groups excluding carboxylic acids is 4. The molecule has 0 aliphatic carbocycles. The number of ether oxygens (including phenoxy) is 4. The van der Waals surface area contributed by atoms with Crippen LogP contribution in [0.5, 0.6) is 0 Å². The maximum absolute atomic E-state index is 13.1. The Morgan fingerprint density at radius 1 is 0.305 bits per heavy atom. The third-order valence-electron chi connectivity index (χ3n) is 18.1. The van der Waals surface area contributed by atoms with E-state index >= 15 is 0 Å². The van der Waals surface area contributed by atoms with E-state index in [0.717, 1.165) is 115 Å². The summed E-state index contributed by atoms with van der Waals surface area (Å²) < 4.78 is 68.4. The van der Waals surface area contributed by atoms with Gasteiger partial charge in [0.15, 0.2) is 12.2 Å². The van der Waals surface area contributed by atoms with Crippen molar-refractivity contribution in [2.24, 2.45) is 11.8 Å². The van der Waals surface area contributed by atoms with Gasteiger partial charge in [-0.2, -0.15) is 0 Å². The Kier molecular flexibility index (Phi) is 66.5. The molecule has 17 nitrogen and oxygen atoms in total. The Morgan fingerprint density at radius 3 is 0.800 bits per heavy atom. The van der Waals surface area contributed by atoms with Crippen LogP contribution < -0.4 is 0 Å². The molecule has 0 aromatic rings. The summed E-state index contributed by atoms with van der Waals surface area (Å²) >= 11 is 0. The Hall–Kier alpha value is -1.94. The van der Waals surface area contributed by atoms with E-state index in [9.17, 15) is 43.2 Å². The first-order valence-electron chi connectivity index (χ1n) is 39.5. The van der Waals surface area contributed by atoms with E-state index in [1.165, 1.54) is 199 Å². The van der Waals surface area contributed by atoms with Gasteiger partial charge in [-0.15, -0.1) is 0 Å². The first-order valence-corrected chi connectivity index (χ1v) is 42.5. The zero-order valence-electron chi connectivity index (χ0n) is 62.0. The molecule has 0 aliphatic rings. The van der Waals surface area contributed by atoms with Gasteiger partial charge in [0.05, 0.1) is 26.4 Å². The molecule has 0 spiro atoms. The molecular formula is C76H148O17P2. The first-order chi connectivity index (χ1) is 45.9. The van der Waals surface area contributed by atoms with Gasteiger partial charge in [-0.05, 0) is 37.5 Å². The number of aliphatic hydroxyl groups is 1. The lowest BCUT2D eigenvalue weighted by Gasteiger charge is -2.21. The van der Waals surface area contributed by atoms with Crippen LogP contribution in [-0.4, -0.2) is 96.7 Å². The Balaban J connectivity index is 5.20. The van der Waals surface area contributed by atoms with E-state index in [0.29, 0.717) is 25.7 Å². The molecular weight excluding hydrogens is 1250 g/mol. The van der Waals surface area contributed by atoms with Gasteiger partial charge in [0.25, 0.3) is 0 Å². The van der Waals surface area contributed by atoms with Crippen LogP contribution in [0.1, 0.15) is 395 Å². The number of rotatable bonds is 75. The molecule has 0 rings (SSSR count). The number of carbonyl (C=O) groups is 4. The minimum atomic E-state index is -4.96. The summed E-state index contributed by atoms with van der Waals surface area (Å²) in [5.41, 5.74) is 0. The summed E-state index contributed by atoms with van der Waals surface area (Å²) in [5, 5.41) is 10.6. The number of unbranched alkanes of at least 4 members (excludes halogenated alkanes) is 44. The van der Waals surface area contributed by atoms with Gasteiger partial charge >= 0.3 is 39.5 Å². The molecule has 0 aromatic carbocycles. The Morgan fingerprint density at radius 2 is 0.537 bits per heavy atom. The smallest absolute Gasteiger partial charge is 0.462 e. The Bertz CT molecular complexity index is 1840. The second-order valence-electron chi connectivity index (χ2n) is 28.1. The third kappa shape index (κ3) is 69.0. The fourth-order valence-electron chi connectivity index (χ4n) is 11.6. The van der Waals surface area contributed by atoms with Gasteiger partial charge in [0.2, 0.25) is 0 Å². The molecule has 0 saturated carbocycles. The van der Waals surface area contributed by atoms with Crippen molar-refractivity contribution in [3.05, 3.63) is 0 Å². The zero-order valence-corrected chi connectivity index (χ0v) is 63.8. The number of aliphatic hydroxyl groups excluding tert-OH is 1. The van der Waals surface area contributed by atoms with E-state index in [4.69, 9.17) is 37.0 Å². The molecule has 19 heteroatoms. The first kappa shape index (κ1) is 93.1. The zero-order chi connectivity index (χ0) is 70.0. The average molecular weight is 1400 g/mol. The van der Waals surface area contributed by atoms with Crippen molar-refractivity contribution in [1.29, 1.82) is 0 Å². The van der Waals surface area contributed by atoms with Crippen molar-refractivity contribution in [3.8, 4) is 0 Å². The van der Waals surface area contributed by atoms with E-state index in [1.54, 1.807) is 0 Å². The van der Waals surface area contributed by atoms with E-state index < -0.39 is 97.5 Å². The maximum Gasteiger partial charge on any atom is 0.472 e. The molecule has 0 bridgehead atoms. The topological polar surface area (TPSA) is 237 Å². The van der Waals surface area contributed by atoms with Crippen molar-refractivity contribution >= 4 is 39.5 Å². The second-order valence-corrected chi connectivity index (χ2v) is 31.0. The van der Waals surface area contributed by atoms with Crippen molar-refractivity contribution < 1.29 is 80.2 Å². The second kappa shape index (κ2) is 67.9. The van der Waals surface area contributed by atoms with Crippen LogP contribution >= 0.6 is 15.6 Å². The van der Waals surface area contributed by atoms with Crippen LogP contribution in [0.25, 0.3) is 0 Å². The van der Waals surface area contributed by atoms with Crippen LogP contribution in [0.3, 0.4) is 0 Å². The van der Waals surface area contributed by atoms with Gasteiger partial charge < -0.3 is 33.8 Å². The van der Waals surface area contributed by atoms with Crippen LogP contribution in [0.2, 0.25) is 0 Å².